The first-order chi connectivity index (χ1) is 9.69. The van der Waals surface area contributed by atoms with E-state index >= 15 is 0 Å². The predicted molar refractivity (Wildman–Crippen MR) is 75.4 cm³/mol. The van der Waals surface area contributed by atoms with E-state index in [1.54, 1.807) is 6.92 Å². The van der Waals surface area contributed by atoms with Crippen molar-refractivity contribution in [2.75, 3.05) is 20.1 Å². The minimum atomic E-state index is -3.84. The molecule has 0 radical (unpaired) electrons. The van der Waals surface area contributed by atoms with Crippen LogP contribution in [0.15, 0.2) is 18.2 Å². The maximum atomic E-state index is 13.1. The fraction of sp³-hybridized carbons (Fsp3) is 0.500. The molecule has 1 unspecified atom stereocenters. The fourth-order valence-corrected chi connectivity index (χ4v) is 2.87. The lowest BCUT2D eigenvalue weighted by molar-refractivity contribution is 0.115. The minimum Gasteiger partial charge on any atom is -0.210 e. The molecular formula is C12H16ClF3N2O2S. The van der Waals surface area contributed by atoms with Crippen molar-refractivity contribution in [3.63, 3.8) is 0 Å². The largest absolute Gasteiger partial charge is 0.279 e. The monoisotopic (exact) mass is 344 g/mol. The van der Waals surface area contributed by atoms with Crippen molar-refractivity contribution in [2.24, 2.45) is 0 Å². The smallest absolute Gasteiger partial charge is 0.210 e. The molecule has 1 aromatic rings. The SMILES string of the molecule is CCN(C)S(=O)(=O)NCC(c1ccc(F)cc1Cl)C(F)F. The molecule has 21 heavy (non-hydrogen) atoms. The first kappa shape index (κ1) is 18.2. The molecular weight excluding hydrogens is 329 g/mol. The zero-order chi connectivity index (χ0) is 16.2. The van der Waals surface area contributed by atoms with Gasteiger partial charge in [0, 0.05) is 25.2 Å². The number of hydrogen-bond acceptors (Lipinski definition) is 2. The Morgan fingerprint density at radius 1 is 1.38 bits per heavy atom. The number of nitrogens with zero attached hydrogens (tertiary/aromatic N) is 1. The summed E-state index contributed by atoms with van der Waals surface area (Å²) in [5.74, 6) is -2.11. The van der Waals surface area contributed by atoms with E-state index in [4.69, 9.17) is 11.6 Å². The number of benzene rings is 1. The first-order valence-corrected chi connectivity index (χ1v) is 7.94. The van der Waals surface area contributed by atoms with Gasteiger partial charge in [0.05, 0.1) is 5.92 Å². The second-order valence-electron chi connectivity index (χ2n) is 4.37. The van der Waals surface area contributed by atoms with Crippen LogP contribution in [0.4, 0.5) is 13.2 Å². The van der Waals surface area contributed by atoms with Gasteiger partial charge in [0.1, 0.15) is 5.82 Å². The van der Waals surface area contributed by atoms with E-state index in [0.29, 0.717) is 0 Å². The molecule has 0 fully saturated rings. The summed E-state index contributed by atoms with van der Waals surface area (Å²) in [7, 11) is -2.51. The lowest BCUT2D eigenvalue weighted by Crippen LogP contribution is -2.40. The topological polar surface area (TPSA) is 49.4 Å². The third-order valence-corrected chi connectivity index (χ3v) is 4.95. The lowest BCUT2D eigenvalue weighted by atomic mass is 10.00. The Morgan fingerprint density at radius 3 is 2.48 bits per heavy atom. The third kappa shape index (κ3) is 4.84. The second-order valence-corrected chi connectivity index (χ2v) is 6.64. The Morgan fingerprint density at radius 2 is 2.00 bits per heavy atom. The van der Waals surface area contributed by atoms with Crippen LogP contribution < -0.4 is 4.72 Å². The minimum absolute atomic E-state index is 0.00471. The summed E-state index contributed by atoms with van der Waals surface area (Å²) in [5, 5.41) is -0.164. The van der Waals surface area contributed by atoms with Gasteiger partial charge in [0.15, 0.2) is 0 Å². The van der Waals surface area contributed by atoms with Crippen LogP contribution in [0.25, 0.3) is 0 Å². The average Bonchev–Trinajstić information content (AvgIpc) is 2.39. The lowest BCUT2D eigenvalue weighted by Gasteiger charge is -2.21. The van der Waals surface area contributed by atoms with Crippen molar-refractivity contribution in [1.82, 2.24) is 9.03 Å². The number of hydrogen-bond donors (Lipinski definition) is 1. The average molecular weight is 345 g/mol. The van der Waals surface area contributed by atoms with E-state index in [1.807, 2.05) is 0 Å². The van der Waals surface area contributed by atoms with Crippen LogP contribution in [-0.4, -0.2) is 39.3 Å². The summed E-state index contributed by atoms with van der Waals surface area (Å²) in [4.78, 5) is 0. The highest BCUT2D eigenvalue weighted by Gasteiger charge is 2.27. The van der Waals surface area contributed by atoms with Gasteiger partial charge in [-0.05, 0) is 17.7 Å². The molecule has 0 saturated carbocycles. The number of nitrogens with one attached hydrogen (secondary N) is 1. The van der Waals surface area contributed by atoms with Gasteiger partial charge in [-0.2, -0.15) is 12.7 Å². The summed E-state index contributed by atoms with van der Waals surface area (Å²) in [6, 6.07) is 3.05. The zero-order valence-corrected chi connectivity index (χ0v) is 13.1. The molecule has 4 nitrogen and oxygen atoms in total. The maximum Gasteiger partial charge on any atom is 0.279 e. The highest BCUT2D eigenvalue weighted by Crippen LogP contribution is 2.29. The van der Waals surface area contributed by atoms with Crippen LogP contribution in [0, 0.1) is 5.82 Å². The molecule has 0 amide bonds. The molecule has 0 aliphatic heterocycles. The second kappa shape index (κ2) is 7.44. The van der Waals surface area contributed by atoms with E-state index in [0.717, 1.165) is 22.5 Å². The molecule has 0 aromatic heterocycles. The van der Waals surface area contributed by atoms with Crippen molar-refractivity contribution < 1.29 is 21.6 Å². The first-order valence-electron chi connectivity index (χ1n) is 6.13. The molecule has 1 atom stereocenters. The Hall–Kier alpha value is -0.830. The van der Waals surface area contributed by atoms with Crippen LogP contribution in [0.1, 0.15) is 18.4 Å². The van der Waals surface area contributed by atoms with Crippen molar-refractivity contribution in [3.05, 3.63) is 34.6 Å². The van der Waals surface area contributed by atoms with Crippen molar-refractivity contribution in [2.45, 2.75) is 19.3 Å². The van der Waals surface area contributed by atoms with Crippen molar-refractivity contribution in [3.8, 4) is 0 Å². The highest BCUT2D eigenvalue weighted by molar-refractivity contribution is 7.87. The molecule has 0 aliphatic carbocycles. The van der Waals surface area contributed by atoms with E-state index in [2.05, 4.69) is 4.72 Å². The van der Waals surface area contributed by atoms with Gasteiger partial charge >= 0.3 is 0 Å². The molecule has 120 valence electrons. The summed E-state index contributed by atoms with van der Waals surface area (Å²) < 4.78 is 65.8. The summed E-state index contributed by atoms with van der Waals surface area (Å²) >= 11 is 5.75. The van der Waals surface area contributed by atoms with E-state index in [-0.39, 0.29) is 17.1 Å². The fourth-order valence-electron chi connectivity index (χ4n) is 1.61. The van der Waals surface area contributed by atoms with Gasteiger partial charge in [-0.3, -0.25) is 0 Å². The molecule has 0 spiro atoms. The van der Waals surface area contributed by atoms with Gasteiger partial charge in [-0.25, -0.2) is 17.9 Å². The number of rotatable bonds is 7. The predicted octanol–water partition coefficient (Wildman–Crippen LogP) is 2.61. The van der Waals surface area contributed by atoms with Gasteiger partial charge < -0.3 is 0 Å². The molecule has 1 aromatic carbocycles. The summed E-state index contributed by atoms with van der Waals surface area (Å²) in [6.07, 6.45) is -2.84. The van der Waals surface area contributed by atoms with Crippen LogP contribution in [-0.2, 0) is 10.2 Å². The molecule has 1 rings (SSSR count). The molecule has 0 heterocycles. The molecule has 0 bridgehead atoms. The van der Waals surface area contributed by atoms with E-state index < -0.39 is 34.9 Å². The van der Waals surface area contributed by atoms with Gasteiger partial charge in [0.25, 0.3) is 10.2 Å². The zero-order valence-electron chi connectivity index (χ0n) is 11.5. The quantitative estimate of drug-likeness (QED) is 0.826. The summed E-state index contributed by atoms with van der Waals surface area (Å²) in [6.45, 7) is 1.28. The van der Waals surface area contributed by atoms with Crippen LogP contribution >= 0.6 is 11.6 Å². The van der Waals surface area contributed by atoms with Gasteiger partial charge in [0.2, 0.25) is 6.43 Å². The molecule has 0 saturated heterocycles. The standard InChI is InChI=1S/C12H16ClF3N2O2S/c1-3-18(2)21(19,20)17-7-10(12(15)16)9-5-4-8(14)6-11(9)13/h4-6,10,12,17H,3,7H2,1-2H3. The van der Waals surface area contributed by atoms with E-state index in [1.165, 1.54) is 7.05 Å². The highest BCUT2D eigenvalue weighted by atomic mass is 35.5. The normalized spacial score (nSPS) is 13.9. The molecule has 1 N–H and O–H groups in total. The summed E-state index contributed by atoms with van der Waals surface area (Å²) in [5.41, 5.74) is -0.00471. The Balaban J connectivity index is 2.94. The Labute approximate surface area is 127 Å². The Kier molecular flexibility index (Phi) is 6.45. The molecule has 9 heteroatoms. The van der Waals surface area contributed by atoms with Gasteiger partial charge in [-0.1, -0.05) is 24.6 Å². The van der Waals surface area contributed by atoms with Crippen molar-refractivity contribution >= 4 is 21.8 Å². The molecule has 0 aliphatic rings. The van der Waals surface area contributed by atoms with E-state index in [9.17, 15) is 21.6 Å². The number of halogens is 4. The van der Waals surface area contributed by atoms with Gasteiger partial charge in [-0.15, -0.1) is 0 Å². The Bertz CT molecular complexity index is 584. The van der Waals surface area contributed by atoms with Crippen LogP contribution in [0.2, 0.25) is 5.02 Å². The number of alkyl halides is 2. The van der Waals surface area contributed by atoms with Crippen LogP contribution in [0.5, 0.6) is 0 Å². The third-order valence-electron chi connectivity index (χ3n) is 3.01. The van der Waals surface area contributed by atoms with Crippen LogP contribution in [0.3, 0.4) is 0 Å². The maximum absolute atomic E-state index is 13.1. The van der Waals surface area contributed by atoms with Crippen molar-refractivity contribution in [1.29, 1.82) is 0 Å².